The van der Waals surface area contributed by atoms with Gasteiger partial charge in [-0.3, -0.25) is 4.98 Å². The van der Waals surface area contributed by atoms with Gasteiger partial charge in [-0.25, -0.2) is 4.98 Å². The molecule has 0 saturated heterocycles. The highest BCUT2D eigenvalue weighted by atomic mass is 79.9. The Morgan fingerprint density at radius 2 is 1.95 bits per heavy atom. The largest absolute Gasteiger partial charge is 0.382 e. The molecular formula is C16H13BrN2O. The molecule has 3 rings (SSSR count). The van der Waals surface area contributed by atoms with Gasteiger partial charge in [0.25, 0.3) is 0 Å². The third kappa shape index (κ3) is 2.44. The Bertz CT molecular complexity index is 756. The van der Waals surface area contributed by atoms with E-state index in [0.29, 0.717) is 5.69 Å². The van der Waals surface area contributed by atoms with E-state index in [2.05, 4.69) is 25.9 Å². The van der Waals surface area contributed by atoms with Crippen molar-refractivity contribution >= 4 is 26.8 Å². The number of nitrogens with zero attached hydrogens (tertiary/aromatic N) is 2. The van der Waals surface area contributed by atoms with Crippen molar-refractivity contribution in [2.45, 2.75) is 13.0 Å². The maximum Gasteiger partial charge on any atom is 0.124 e. The first-order valence-corrected chi connectivity index (χ1v) is 7.10. The Balaban J connectivity index is 2.08. The second kappa shape index (κ2) is 5.31. The van der Waals surface area contributed by atoms with E-state index in [1.54, 1.807) is 6.20 Å². The third-order valence-electron chi connectivity index (χ3n) is 3.21. The third-order valence-corrected chi connectivity index (χ3v) is 3.85. The van der Waals surface area contributed by atoms with Gasteiger partial charge >= 0.3 is 0 Å². The van der Waals surface area contributed by atoms with Crippen LogP contribution in [0.15, 0.2) is 53.1 Å². The average Bonchev–Trinajstić information content (AvgIpc) is 2.46. The Morgan fingerprint density at radius 1 is 1.15 bits per heavy atom. The van der Waals surface area contributed by atoms with Crippen LogP contribution in [0.25, 0.3) is 10.9 Å². The van der Waals surface area contributed by atoms with Gasteiger partial charge in [-0.2, -0.15) is 0 Å². The molecule has 0 amide bonds. The molecule has 3 aromatic rings. The molecule has 0 radical (unpaired) electrons. The molecular weight excluding hydrogens is 316 g/mol. The van der Waals surface area contributed by atoms with Crippen LogP contribution in [0.3, 0.4) is 0 Å². The summed E-state index contributed by atoms with van der Waals surface area (Å²) in [6.07, 6.45) is 0.894. The second-order valence-corrected chi connectivity index (χ2v) is 5.54. The molecule has 2 aromatic heterocycles. The number of aromatic nitrogens is 2. The van der Waals surface area contributed by atoms with Crippen molar-refractivity contribution in [3.8, 4) is 0 Å². The number of fused-ring (bicyclic) bond motifs is 1. The fourth-order valence-electron chi connectivity index (χ4n) is 2.10. The van der Waals surface area contributed by atoms with Crippen molar-refractivity contribution in [1.29, 1.82) is 0 Å². The van der Waals surface area contributed by atoms with E-state index < -0.39 is 6.10 Å². The fourth-order valence-corrected chi connectivity index (χ4v) is 2.65. The molecule has 20 heavy (non-hydrogen) atoms. The molecule has 1 aromatic carbocycles. The lowest BCUT2D eigenvalue weighted by molar-refractivity contribution is 0.214. The average molecular weight is 329 g/mol. The maximum absolute atomic E-state index is 10.5. The molecule has 0 bridgehead atoms. The fraction of sp³-hybridized carbons (Fsp3) is 0.125. The standard InChI is InChI=1S/C16H13BrN2O/c1-10-6-7-12(9-18-10)16(20)15-13(17)8-11-4-2-3-5-14(11)19-15/h2-9,16,20H,1H3. The van der Waals surface area contributed by atoms with Gasteiger partial charge in [-0.1, -0.05) is 24.3 Å². The quantitative estimate of drug-likeness (QED) is 0.778. The highest BCUT2D eigenvalue weighted by Gasteiger charge is 2.16. The van der Waals surface area contributed by atoms with Crippen LogP contribution in [0.2, 0.25) is 0 Å². The minimum atomic E-state index is -0.790. The van der Waals surface area contributed by atoms with Gasteiger partial charge in [0.05, 0.1) is 11.2 Å². The smallest absolute Gasteiger partial charge is 0.124 e. The molecule has 1 unspecified atom stereocenters. The Kier molecular flexibility index (Phi) is 3.51. The van der Waals surface area contributed by atoms with Gasteiger partial charge < -0.3 is 5.11 Å². The van der Waals surface area contributed by atoms with Gasteiger partial charge in [0.15, 0.2) is 0 Å². The number of hydrogen-bond acceptors (Lipinski definition) is 3. The lowest BCUT2D eigenvalue weighted by Gasteiger charge is -2.13. The number of rotatable bonds is 2. The highest BCUT2D eigenvalue weighted by Crippen LogP contribution is 2.29. The zero-order chi connectivity index (χ0) is 14.1. The molecule has 0 saturated carbocycles. The molecule has 0 aliphatic rings. The van der Waals surface area contributed by atoms with E-state index >= 15 is 0 Å². The molecule has 2 heterocycles. The lowest BCUT2D eigenvalue weighted by Crippen LogP contribution is -2.04. The predicted molar refractivity (Wildman–Crippen MR) is 82.5 cm³/mol. The van der Waals surface area contributed by atoms with Gasteiger partial charge in [0, 0.05) is 27.3 Å². The summed E-state index contributed by atoms with van der Waals surface area (Å²) in [4.78, 5) is 8.76. The zero-order valence-corrected chi connectivity index (χ0v) is 12.5. The van der Waals surface area contributed by atoms with E-state index in [9.17, 15) is 5.11 Å². The van der Waals surface area contributed by atoms with Crippen LogP contribution < -0.4 is 0 Å². The van der Waals surface area contributed by atoms with Crippen molar-refractivity contribution < 1.29 is 5.11 Å². The van der Waals surface area contributed by atoms with E-state index in [1.165, 1.54) is 0 Å². The zero-order valence-electron chi connectivity index (χ0n) is 10.9. The summed E-state index contributed by atoms with van der Waals surface area (Å²) in [6.45, 7) is 1.92. The van der Waals surface area contributed by atoms with E-state index in [0.717, 1.165) is 26.6 Å². The lowest BCUT2D eigenvalue weighted by atomic mass is 10.1. The first-order chi connectivity index (χ1) is 9.65. The number of benzene rings is 1. The maximum atomic E-state index is 10.5. The van der Waals surface area contributed by atoms with Crippen LogP contribution in [0, 0.1) is 6.92 Å². The summed E-state index contributed by atoms with van der Waals surface area (Å²) in [7, 11) is 0. The van der Waals surface area contributed by atoms with Crippen molar-refractivity contribution in [3.63, 3.8) is 0 Å². The van der Waals surface area contributed by atoms with Crippen molar-refractivity contribution in [3.05, 3.63) is 70.1 Å². The van der Waals surface area contributed by atoms with Gasteiger partial charge in [0.1, 0.15) is 6.10 Å². The number of para-hydroxylation sites is 1. The Hall–Kier alpha value is -1.78. The number of aliphatic hydroxyl groups excluding tert-OH is 1. The number of pyridine rings is 2. The van der Waals surface area contributed by atoms with E-state index in [1.807, 2.05) is 49.4 Å². The minimum Gasteiger partial charge on any atom is -0.382 e. The summed E-state index contributed by atoms with van der Waals surface area (Å²) in [5, 5.41) is 11.5. The van der Waals surface area contributed by atoms with Gasteiger partial charge in [0.2, 0.25) is 0 Å². The molecule has 0 aliphatic heterocycles. The Labute approximate surface area is 125 Å². The molecule has 0 aliphatic carbocycles. The van der Waals surface area contributed by atoms with Crippen LogP contribution >= 0.6 is 15.9 Å². The monoisotopic (exact) mass is 328 g/mol. The normalized spacial score (nSPS) is 12.6. The first-order valence-electron chi connectivity index (χ1n) is 6.31. The highest BCUT2D eigenvalue weighted by molar-refractivity contribution is 9.10. The summed E-state index contributed by atoms with van der Waals surface area (Å²) in [5.41, 5.74) is 3.13. The molecule has 100 valence electrons. The summed E-state index contributed by atoms with van der Waals surface area (Å²) in [6, 6.07) is 13.6. The molecule has 1 atom stereocenters. The summed E-state index contributed by atoms with van der Waals surface area (Å²) >= 11 is 3.49. The minimum absolute atomic E-state index is 0.606. The van der Waals surface area contributed by atoms with Crippen molar-refractivity contribution in [1.82, 2.24) is 9.97 Å². The molecule has 4 heteroatoms. The molecule has 1 N–H and O–H groups in total. The number of aliphatic hydroxyl groups is 1. The van der Waals surface area contributed by atoms with Crippen molar-refractivity contribution in [2.75, 3.05) is 0 Å². The van der Waals surface area contributed by atoms with E-state index in [-0.39, 0.29) is 0 Å². The van der Waals surface area contributed by atoms with Gasteiger partial charge in [-0.05, 0) is 41.1 Å². The summed E-state index contributed by atoms with van der Waals surface area (Å²) in [5.74, 6) is 0. The predicted octanol–water partition coefficient (Wildman–Crippen LogP) is 3.78. The van der Waals surface area contributed by atoms with Crippen LogP contribution in [0.5, 0.6) is 0 Å². The van der Waals surface area contributed by atoms with Crippen molar-refractivity contribution in [2.24, 2.45) is 0 Å². The molecule has 0 spiro atoms. The molecule has 0 fully saturated rings. The first kappa shape index (κ1) is 13.2. The SMILES string of the molecule is Cc1ccc(C(O)c2nc3ccccc3cc2Br)cn1. The van der Waals surface area contributed by atoms with Crippen LogP contribution in [-0.2, 0) is 0 Å². The molecule has 3 nitrogen and oxygen atoms in total. The number of halogens is 1. The van der Waals surface area contributed by atoms with Crippen LogP contribution in [-0.4, -0.2) is 15.1 Å². The van der Waals surface area contributed by atoms with Gasteiger partial charge in [-0.15, -0.1) is 0 Å². The Morgan fingerprint density at radius 3 is 2.70 bits per heavy atom. The number of hydrogen-bond donors (Lipinski definition) is 1. The van der Waals surface area contributed by atoms with E-state index in [4.69, 9.17) is 0 Å². The van der Waals surface area contributed by atoms with Crippen LogP contribution in [0.4, 0.5) is 0 Å². The topological polar surface area (TPSA) is 46.0 Å². The van der Waals surface area contributed by atoms with Crippen LogP contribution in [0.1, 0.15) is 23.1 Å². The second-order valence-electron chi connectivity index (χ2n) is 4.68. The number of aryl methyl sites for hydroxylation is 1. The summed E-state index contributed by atoms with van der Waals surface area (Å²) < 4.78 is 0.796.